The van der Waals surface area contributed by atoms with Gasteiger partial charge in [0.1, 0.15) is 0 Å². The van der Waals surface area contributed by atoms with Crippen LogP contribution in [0.15, 0.2) is 212 Å². The van der Waals surface area contributed by atoms with Gasteiger partial charge in [-0.3, -0.25) is 0 Å². The normalized spacial score (nSPS) is 11.3. The first kappa shape index (κ1) is 32.0. The fourth-order valence-electron chi connectivity index (χ4n) is 7.84. The van der Waals surface area contributed by atoms with E-state index in [0.717, 1.165) is 17.1 Å². The molecule has 0 bridgehead atoms. The van der Waals surface area contributed by atoms with Crippen molar-refractivity contribution >= 4 is 59.3 Å². The Labute approximate surface area is 319 Å². The molecule has 54 heavy (non-hydrogen) atoms. The van der Waals surface area contributed by atoms with Crippen LogP contribution in [0.2, 0.25) is 0 Å². The van der Waals surface area contributed by atoms with Crippen molar-refractivity contribution in [3.63, 3.8) is 0 Å². The molecule has 0 aliphatic heterocycles. The van der Waals surface area contributed by atoms with E-state index in [-0.39, 0.29) is 0 Å². The Hall–Kier alpha value is -6.74. The molecule has 0 radical (unpaired) electrons. The lowest BCUT2D eigenvalue weighted by atomic mass is 9.95. The van der Waals surface area contributed by atoms with E-state index in [0.29, 0.717) is 0 Å². The third-order valence-corrected chi connectivity index (χ3v) is 11.7. The molecule has 0 saturated carbocycles. The van der Waals surface area contributed by atoms with Crippen LogP contribution in [-0.4, -0.2) is 0 Å². The van der Waals surface area contributed by atoms with Gasteiger partial charge in [-0.15, -0.1) is 11.3 Å². The maximum absolute atomic E-state index is 2.41. The second-order valence-electron chi connectivity index (χ2n) is 13.7. The van der Waals surface area contributed by atoms with E-state index in [2.05, 4.69) is 217 Å². The van der Waals surface area contributed by atoms with Crippen LogP contribution in [0.25, 0.3) is 75.5 Å². The zero-order chi connectivity index (χ0) is 35.8. The number of nitrogens with zero attached hydrogens (tertiary/aromatic N) is 1. The molecule has 0 unspecified atom stereocenters. The summed E-state index contributed by atoms with van der Waals surface area (Å²) in [4.78, 5) is 2.41. The van der Waals surface area contributed by atoms with Crippen LogP contribution in [0.5, 0.6) is 0 Å². The maximum atomic E-state index is 2.41. The molecule has 0 saturated heterocycles. The lowest BCUT2D eigenvalue weighted by Crippen LogP contribution is -2.10. The van der Waals surface area contributed by atoms with Crippen molar-refractivity contribution in [1.82, 2.24) is 0 Å². The summed E-state index contributed by atoms with van der Waals surface area (Å²) in [6, 6.07) is 77.0. The summed E-state index contributed by atoms with van der Waals surface area (Å²) >= 11 is 1.88. The lowest BCUT2D eigenvalue weighted by molar-refractivity contribution is 1.30. The zero-order valence-corrected chi connectivity index (χ0v) is 30.4. The minimum atomic E-state index is 1.11. The number of thiophene rings is 1. The van der Waals surface area contributed by atoms with Crippen LogP contribution in [0, 0.1) is 0 Å². The Morgan fingerprint density at radius 1 is 0.296 bits per heavy atom. The van der Waals surface area contributed by atoms with E-state index in [1.165, 1.54) is 75.5 Å². The summed E-state index contributed by atoms with van der Waals surface area (Å²) in [5.41, 5.74) is 13.1. The minimum Gasteiger partial charge on any atom is -0.310 e. The van der Waals surface area contributed by atoms with Gasteiger partial charge in [0, 0.05) is 42.5 Å². The zero-order valence-electron chi connectivity index (χ0n) is 29.6. The Bertz CT molecular complexity index is 2910. The molecule has 0 aliphatic carbocycles. The molecule has 0 aliphatic rings. The topological polar surface area (TPSA) is 3.24 Å². The van der Waals surface area contributed by atoms with Gasteiger partial charge in [-0.1, -0.05) is 170 Å². The van der Waals surface area contributed by atoms with Crippen LogP contribution < -0.4 is 4.90 Å². The van der Waals surface area contributed by atoms with E-state index in [1.54, 1.807) is 0 Å². The molecule has 9 aromatic carbocycles. The van der Waals surface area contributed by atoms with Gasteiger partial charge in [0.25, 0.3) is 0 Å². The van der Waals surface area contributed by atoms with Crippen LogP contribution in [0.1, 0.15) is 0 Å². The molecule has 254 valence electrons. The van der Waals surface area contributed by atoms with E-state index < -0.39 is 0 Å². The molecule has 0 atom stereocenters. The number of fused-ring (bicyclic) bond motifs is 4. The summed E-state index contributed by atoms with van der Waals surface area (Å²) in [5.74, 6) is 0. The molecule has 0 N–H and O–H groups in total. The highest BCUT2D eigenvalue weighted by atomic mass is 32.1. The van der Waals surface area contributed by atoms with Crippen LogP contribution in [0.4, 0.5) is 17.1 Å². The van der Waals surface area contributed by atoms with Gasteiger partial charge in [-0.25, -0.2) is 0 Å². The third kappa shape index (κ3) is 5.74. The minimum absolute atomic E-state index is 1.11. The monoisotopic (exact) mass is 705 g/mol. The second kappa shape index (κ2) is 13.7. The largest absolute Gasteiger partial charge is 0.310 e. The van der Waals surface area contributed by atoms with Crippen LogP contribution in [-0.2, 0) is 0 Å². The van der Waals surface area contributed by atoms with Crippen molar-refractivity contribution in [1.29, 1.82) is 0 Å². The molecule has 2 heteroatoms. The number of rotatable bonds is 7. The van der Waals surface area contributed by atoms with Gasteiger partial charge in [0.15, 0.2) is 0 Å². The van der Waals surface area contributed by atoms with E-state index in [9.17, 15) is 0 Å². The lowest BCUT2D eigenvalue weighted by Gasteiger charge is -2.28. The predicted molar refractivity (Wildman–Crippen MR) is 233 cm³/mol. The first-order valence-corrected chi connectivity index (χ1v) is 19.2. The van der Waals surface area contributed by atoms with Gasteiger partial charge in [0.05, 0.1) is 5.69 Å². The average molecular weight is 706 g/mol. The van der Waals surface area contributed by atoms with Crippen molar-refractivity contribution in [2.75, 3.05) is 4.90 Å². The van der Waals surface area contributed by atoms with Gasteiger partial charge in [0.2, 0.25) is 0 Å². The fourth-order valence-corrected chi connectivity index (χ4v) is 9.08. The summed E-state index contributed by atoms with van der Waals surface area (Å²) in [6.07, 6.45) is 0. The van der Waals surface area contributed by atoms with Crippen molar-refractivity contribution in [2.24, 2.45) is 0 Å². The second-order valence-corrected chi connectivity index (χ2v) is 14.8. The molecule has 1 aromatic heterocycles. The molecule has 1 nitrogen and oxygen atoms in total. The van der Waals surface area contributed by atoms with Crippen molar-refractivity contribution in [3.05, 3.63) is 212 Å². The quantitative estimate of drug-likeness (QED) is 0.160. The predicted octanol–water partition coefficient (Wildman–Crippen LogP) is 15.3. The van der Waals surface area contributed by atoms with Gasteiger partial charge >= 0.3 is 0 Å². The number of hydrogen-bond acceptors (Lipinski definition) is 2. The van der Waals surface area contributed by atoms with Gasteiger partial charge in [-0.05, 0) is 86.8 Å². The Kier molecular flexibility index (Phi) is 8.09. The standard InChI is InChI=1S/C52H35NS/c1-3-13-36(14-4-1)38-25-29-42(30-26-38)53(43-31-27-39(28-32-43)41-18-11-17-40(35-41)37-15-5-2-6-16-37)50-34-33-45(44-19-7-8-20-46(44)50)48-22-12-23-49-47-21-9-10-24-51(47)54-52(48)49/h1-35H. The number of hydrogen-bond donors (Lipinski definition) is 0. The van der Waals surface area contributed by atoms with Crippen molar-refractivity contribution in [3.8, 4) is 44.5 Å². The highest BCUT2D eigenvalue weighted by Crippen LogP contribution is 2.46. The van der Waals surface area contributed by atoms with Gasteiger partial charge in [-0.2, -0.15) is 0 Å². The summed E-state index contributed by atoms with van der Waals surface area (Å²) in [6.45, 7) is 0. The maximum Gasteiger partial charge on any atom is 0.0540 e. The highest BCUT2D eigenvalue weighted by Gasteiger charge is 2.19. The molecule has 0 fully saturated rings. The Morgan fingerprint density at radius 2 is 0.778 bits per heavy atom. The molecular weight excluding hydrogens is 671 g/mol. The van der Waals surface area contributed by atoms with E-state index in [4.69, 9.17) is 0 Å². The van der Waals surface area contributed by atoms with Crippen LogP contribution >= 0.6 is 11.3 Å². The Balaban J connectivity index is 1.11. The van der Waals surface area contributed by atoms with Crippen molar-refractivity contribution in [2.45, 2.75) is 0 Å². The van der Waals surface area contributed by atoms with E-state index >= 15 is 0 Å². The molecular formula is C52H35NS. The molecule has 0 spiro atoms. The third-order valence-electron chi connectivity index (χ3n) is 10.5. The smallest absolute Gasteiger partial charge is 0.0540 e. The molecule has 10 rings (SSSR count). The summed E-state index contributed by atoms with van der Waals surface area (Å²) < 4.78 is 2.65. The first-order valence-electron chi connectivity index (χ1n) is 18.4. The van der Waals surface area contributed by atoms with E-state index in [1.807, 2.05) is 11.3 Å². The van der Waals surface area contributed by atoms with Crippen molar-refractivity contribution < 1.29 is 0 Å². The molecule has 10 aromatic rings. The number of benzene rings is 9. The SMILES string of the molecule is c1ccc(-c2ccc(N(c3ccc(-c4cccc(-c5ccccc5)c4)cc3)c3ccc(-c4cccc5c4sc4ccccc45)c4ccccc34)cc2)cc1. The number of anilines is 3. The van der Waals surface area contributed by atoms with Gasteiger partial charge < -0.3 is 4.90 Å². The summed E-state index contributed by atoms with van der Waals surface area (Å²) in [7, 11) is 0. The Morgan fingerprint density at radius 3 is 1.44 bits per heavy atom. The molecule has 0 amide bonds. The summed E-state index contributed by atoms with van der Waals surface area (Å²) in [5, 5.41) is 5.08. The highest BCUT2D eigenvalue weighted by molar-refractivity contribution is 7.26. The fraction of sp³-hybridized carbons (Fsp3) is 0. The first-order chi connectivity index (χ1) is 26.8. The average Bonchev–Trinajstić information content (AvgIpc) is 3.64. The van der Waals surface area contributed by atoms with Crippen LogP contribution in [0.3, 0.4) is 0 Å². The molecule has 1 heterocycles.